The van der Waals surface area contributed by atoms with Crippen LogP contribution in [0.3, 0.4) is 0 Å². The first-order chi connectivity index (χ1) is 10.6. The number of urea groups is 1. The lowest BCUT2D eigenvalue weighted by Crippen LogP contribution is -2.43. The largest absolute Gasteiger partial charge is 0.324 e. The number of rotatable bonds is 2. The number of hydrogen-bond acceptors (Lipinski definition) is 3. The Morgan fingerprint density at radius 2 is 2.18 bits per heavy atom. The molecule has 0 aromatic heterocycles. The smallest absolute Gasteiger partial charge is 0.321 e. The average molecular weight is 301 g/mol. The highest BCUT2D eigenvalue weighted by atomic mass is 16.2. The van der Waals surface area contributed by atoms with Gasteiger partial charge in [-0.2, -0.15) is 0 Å². The van der Waals surface area contributed by atoms with Crippen molar-refractivity contribution < 1.29 is 9.59 Å². The number of anilines is 1. The molecule has 2 amide bonds. The summed E-state index contributed by atoms with van der Waals surface area (Å²) in [6.45, 7) is 5.25. The van der Waals surface area contributed by atoms with Crippen LogP contribution in [-0.2, 0) is 0 Å². The molecule has 1 spiro atoms. The van der Waals surface area contributed by atoms with Crippen LogP contribution in [0, 0.1) is 5.41 Å². The van der Waals surface area contributed by atoms with Crippen molar-refractivity contribution in [2.24, 2.45) is 5.41 Å². The zero-order chi connectivity index (χ0) is 15.6. The van der Waals surface area contributed by atoms with Gasteiger partial charge in [-0.15, -0.1) is 0 Å². The average Bonchev–Trinajstić information content (AvgIpc) is 2.92. The van der Waals surface area contributed by atoms with Crippen LogP contribution < -0.4 is 10.6 Å². The predicted octanol–water partition coefficient (Wildman–Crippen LogP) is 2.50. The second-order valence-corrected chi connectivity index (χ2v) is 6.52. The maximum atomic E-state index is 12.4. The van der Waals surface area contributed by atoms with Crippen molar-refractivity contribution in [1.82, 2.24) is 10.2 Å². The third-order valence-electron chi connectivity index (χ3n) is 4.81. The fourth-order valence-corrected chi connectivity index (χ4v) is 3.51. The highest BCUT2D eigenvalue weighted by Crippen LogP contribution is 2.36. The third-order valence-corrected chi connectivity index (χ3v) is 4.81. The van der Waals surface area contributed by atoms with Crippen LogP contribution in [0.15, 0.2) is 24.3 Å². The number of hydrogen-bond donors (Lipinski definition) is 2. The van der Waals surface area contributed by atoms with Crippen molar-refractivity contribution in [3.63, 3.8) is 0 Å². The number of carbonyl (C=O) groups is 2. The zero-order valence-electron chi connectivity index (χ0n) is 13.0. The van der Waals surface area contributed by atoms with E-state index in [-0.39, 0.29) is 17.2 Å². The highest BCUT2D eigenvalue weighted by Gasteiger charge is 2.40. The minimum absolute atomic E-state index is 0.00417. The monoisotopic (exact) mass is 301 g/mol. The first kappa shape index (κ1) is 15.0. The Morgan fingerprint density at radius 1 is 1.32 bits per heavy atom. The van der Waals surface area contributed by atoms with Crippen molar-refractivity contribution in [3.8, 4) is 0 Å². The van der Waals surface area contributed by atoms with E-state index in [1.54, 1.807) is 18.2 Å². The van der Waals surface area contributed by atoms with Crippen LogP contribution in [0.5, 0.6) is 0 Å². The van der Waals surface area contributed by atoms with Crippen molar-refractivity contribution >= 4 is 17.5 Å². The van der Waals surface area contributed by atoms with Gasteiger partial charge in [0.2, 0.25) is 0 Å². The Balaban J connectivity index is 1.63. The zero-order valence-corrected chi connectivity index (χ0v) is 13.0. The Hall–Kier alpha value is -1.88. The number of ketones is 1. The molecule has 0 bridgehead atoms. The molecule has 2 saturated heterocycles. The summed E-state index contributed by atoms with van der Waals surface area (Å²) in [6, 6.07) is 7.04. The Morgan fingerprint density at radius 3 is 2.91 bits per heavy atom. The first-order valence-corrected chi connectivity index (χ1v) is 7.96. The van der Waals surface area contributed by atoms with Gasteiger partial charge in [-0.1, -0.05) is 12.1 Å². The van der Waals surface area contributed by atoms with E-state index in [0.29, 0.717) is 11.3 Å². The molecule has 3 rings (SSSR count). The van der Waals surface area contributed by atoms with E-state index in [1.807, 2.05) is 11.0 Å². The Kier molecular flexibility index (Phi) is 4.16. The molecule has 2 aliphatic rings. The normalized spacial score (nSPS) is 24.5. The number of amides is 2. The molecule has 1 unspecified atom stereocenters. The number of nitrogens with zero attached hydrogens (tertiary/aromatic N) is 1. The summed E-state index contributed by atoms with van der Waals surface area (Å²) in [4.78, 5) is 25.7. The lowest BCUT2D eigenvalue weighted by molar-refractivity contribution is 0.101. The van der Waals surface area contributed by atoms with Gasteiger partial charge in [0, 0.05) is 36.3 Å². The number of piperidine rings is 1. The number of benzene rings is 1. The molecule has 22 heavy (non-hydrogen) atoms. The SMILES string of the molecule is CC(=O)c1cccc(NC(=O)N2CCC3(CCCNC3)C2)c1. The molecule has 2 N–H and O–H groups in total. The lowest BCUT2D eigenvalue weighted by atomic mass is 9.80. The topological polar surface area (TPSA) is 61.4 Å². The maximum Gasteiger partial charge on any atom is 0.321 e. The highest BCUT2D eigenvalue weighted by molar-refractivity contribution is 5.96. The number of likely N-dealkylation sites (tertiary alicyclic amines) is 1. The van der Waals surface area contributed by atoms with Crippen LogP contribution in [0.2, 0.25) is 0 Å². The molecule has 2 aliphatic heterocycles. The molecular weight excluding hydrogens is 278 g/mol. The van der Waals surface area contributed by atoms with Gasteiger partial charge < -0.3 is 15.5 Å². The summed E-state index contributed by atoms with van der Waals surface area (Å²) in [5.74, 6) is 0.00417. The Bertz CT molecular complexity index is 579. The van der Waals surface area contributed by atoms with E-state index in [1.165, 1.54) is 19.8 Å². The van der Waals surface area contributed by atoms with Gasteiger partial charge in [0.05, 0.1) is 0 Å². The van der Waals surface area contributed by atoms with E-state index >= 15 is 0 Å². The maximum absolute atomic E-state index is 12.4. The van der Waals surface area contributed by atoms with Gasteiger partial charge in [0.1, 0.15) is 0 Å². The van der Waals surface area contributed by atoms with Crippen LogP contribution in [-0.4, -0.2) is 42.9 Å². The fraction of sp³-hybridized carbons (Fsp3) is 0.529. The molecule has 1 aromatic rings. The van der Waals surface area contributed by atoms with Crippen LogP contribution in [0.1, 0.15) is 36.5 Å². The fourth-order valence-electron chi connectivity index (χ4n) is 3.51. The first-order valence-electron chi connectivity index (χ1n) is 7.96. The van der Waals surface area contributed by atoms with Crippen LogP contribution in [0.4, 0.5) is 10.5 Å². The van der Waals surface area contributed by atoms with E-state index in [9.17, 15) is 9.59 Å². The second kappa shape index (κ2) is 6.08. The predicted molar refractivity (Wildman–Crippen MR) is 86.2 cm³/mol. The minimum atomic E-state index is -0.0665. The summed E-state index contributed by atoms with van der Waals surface area (Å²) in [6.07, 6.45) is 3.46. The minimum Gasteiger partial charge on any atom is -0.324 e. The number of carbonyl (C=O) groups excluding carboxylic acids is 2. The second-order valence-electron chi connectivity index (χ2n) is 6.52. The van der Waals surface area contributed by atoms with Crippen LogP contribution in [0.25, 0.3) is 0 Å². The van der Waals surface area contributed by atoms with E-state index in [4.69, 9.17) is 0 Å². The summed E-state index contributed by atoms with van der Waals surface area (Å²) in [5.41, 5.74) is 1.56. The molecule has 0 aliphatic carbocycles. The summed E-state index contributed by atoms with van der Waals surface area (Å²) in [7, 11) is 0. The molecule has 118 valence electrons. The van der Waals surface area contributed by atoms with E-state index < -0.39 is 0 Å². The summed E-state index contributed by atoms with van der Waals surface area (Å²) < 4.78 is 0. The van der Waals surface area contributed by atoms with Gasteiger partial charge in [0.25, 0.3) is 0 Å². The van der Waals surface area contributed by atoms with Gasteiger partial charge in [-0.05, 0) is 44.9 Å². The molecule has 5 nitrogen and oxygen atoms in total. The summed E-state index contributed by atoms with van der Waals surface area (Å²) in [5, 5.41) is 6.37. The van der Waals surface area contributed by atoms with Crippen molar-refractivity contribution in [2.45, 2.75) is 26.2 Å². The molecule has 1 aromatic carbocycles. The molecule has 0 radical (unpaired) electrons. The molecule has 1 atom stereocenters. The number of nitrogens with one attached hydrogen (secondary N) is 2. The Labute approximate surface area is 131 Å². The summed E-state index contributed by atoms with van der Waals surface area (Å²) >= 11 is 0. The third kappa shape index (κ3) is 3.14. The lowest BCUT2D eigenvalue weighted by Gasteiger charge is -2.33. The van der Waals surface area contributed by atoms with Crippen molar-refractivity contribution in [2.75, 3.05) is 31.5 Å². The van der Waals surface area contributed by atoms with Crippen molar-refractivity contribution in [1.29, 1.82) is 0 Å². The van der Waals surface area contributed by atoms with Gasteiger partial charge >= 0.3 is 6.03 Å². The van der Waals surface area contributed by atoms with Crippen molar-refractivity contribution in [3.05, 3.63) is 29.8 Å². The van der Waals surface area contributed by atoms with E-state index in [2.05, 4.69) is 10.6 Å². The molecular formula is C17H23N3O2. The molecule has 0 saturated carbocycles. The van der Waals surface area contributed by atoms with Gasteiger partial charge in [-0.25, -0.2) is 4.79 Å². The number of Topliss-reactive ketones (excluding diaryl/α,β-unsaturated/α-hetero) is 1. The standard InChI is InChI=1S/C17H23N3O2/c1-13(21)14-4-2-5-15(10-14)19-16(22)20-9-7-17(12-20)6-3-8-18-11-17/h2,4-5,10,18H,3,6-9,11-12H2,1H3,(H,19,22). The molecule has 2 fully saturated rings. The van der Waals surface area contributed by atoms with Crippen LogP contribution >= 0.6 is 0 Å². The van der Waals surface area contributed by atoms with E-state index in [0.717, 1.165) is 32.6 Å². The molecule has 5 heteroatoms. The molecule has 2 heterocycles. The van der Waals surface area contributed by atoms with Gasteiger partial charge in [0.15, 0.2) is 5.78 Å². The van der Waals surface area contributed by atoms with Gasteiger partial charge in [-0.3, -0.25) is 4.79 Å². The quantitative estimate of drug-likeness (QED) is 0.825.